The average molecular weight is 769 g/mol. The molecule has 1 spiro atoms. The number of piperidine rings is 3. The van der Waals surface area contributed by atoms with Gasteiger partial charge in [-0.25, -0.2) is 0 Å². The van der Waals surface area contributed by atoms with Crippen molar-refractivity contribution in [2.24, 2.45) is 11.3 Å². The van der Waals surface area contributed by atoms with Gasteiger partial charge in [-0.1, -0.05) is 18.9 Å². The van der Waals surface area contributed by atoms with E-state index in [-0.39, 0.29) is 11.5 Å². The van der Waals surface area contributed by atoms with Crippen LogP contribution in [0.2, 0.25) is 0 Å². The van der Waals surface area contributed by atoms with Crippen LogP contribution in [0.15, 0.2) is 30.5 Å². The number of benzene rings is 1. The zero-order valence-electron chi connectivity index (χ0n) is 27.5. The fourth-order valence-electron chi connectivity index (χ4n) is 7.87. The standard InChI is InChI=1S/C35H52FIN5O3S/c1-4-5-6-7-31(34(44)38-3)39-33(43)28-22-32(29(36)23-30(28)37-45)41-20-14-35(15-21-41)13-8-26(24-35)40-16-11-27(12-17-40)46-42-18-9-25(2)10-19-42/h5,22-23,25-27,31,45H,1,6-21,24H2,2-3H3,(H,38,44)(H,39,43)/q-1. The summed E-state index contributed by atoms with van der Waals surface area (Å²) in [6, 6.07) is 2.80. The van der Waals surface area contributed by atoms with Crippen LogP contribution in [-0.2, 0) is 4.79 Å². The molecular weight excluding hydrogens is 716 g/mol. The molecule has 3 aliphatic heterocycles. The zero-order chi connectivity index (χ0) is 32.7. The molecule has 11 heteroatoms. The van der Waals surface area contributed by atoms with E-state index in [2.05, 4.69) is 55.9 Å². The third-order valence-electron chi connectivity index (χ3n) is 10.9. The van der Waals surface area contributed by atoms with Crippen LogP contribution in [0.5, 0.6) is 0 Å². The predicted molar refractivity (Wildman–Crippen MR) is 179 cm³/mol. The van der Waals surface area contributed by atoms with Crippen molar-refractivity contribution in [3.05, 3.63) is 45.5 Å². The minimum absolute atomic E-state index is 0.248. The number of hydrogen-bond acceptors (Lipinski definition) is 7. The van der Waals surface area contributed by atoms with Gasteiger partial charge in [-0.2, -0.15) is 0 Å². The Morgan fingerprint density at radius 2 is 1.85 bits per heavy atom. The molecule has 0 bridgehead atoms. The van der Waals surface area contributed by atoms with Crippen molar-refractivity contribution in [3.63, 3.8) is 0 Å². The van der Waals surface area contributed by atoms with E-state index in [9.17, 15) is 13.0 Å². The fourth-order valence-corrected chi connectivity index (χ4v) is 10.2. The fraction of sp³-hybridized carbons (Fsp3) is 0.686. The third-order valence-corrected chi connectivity index (χ3v) is 13.7. The Morgan fingerprint density at radius 1 is 1.13 bits per heavy atom. The van der Waals surface area contributed by atoms with Crippen LogP contribution in [-0.4, -0.2) is 88.1 Å². The number of allylic oxidation sites excluding steroid dienone is 1. The van der Waals surface area contributed by atoms with E-state index in [0.29, 0.717) is 33.6 Å². The number of likely N-dealkylation sites (N-methyl/N-ethyl adjacent to an activating group) is 1. The van der Waals surface area contributed by atoms with Crippen LogP contribution in [0.1, 0.15) is 87.9 Å². The Morgan fingerprint density at radius 3 is 2.50 bits per heavy atom. The van der Waals surface area contributed by atoms with E-state index in [4.69, 9.17) is 0 Å². The van der Waals surface area contributed by atoms with Crippen LogP contribution >= 0.6 is 11.9 Å². The van der Waals surface area contributed by atoms with Crippen molar-refractivity contribution in [2.75, 3.05) is 51.2 Å². The molecule has 3 N–H and O–H groups in total. The second kappa shape index (κ2) is 16.7. The predicted octanol–water partition coefficient (Wildman–Crippen LogP) is 1.94. The molecule has 1 aliphatic carbocycles. The summed E-state index contributed by atoms with van der Waals surface area (Å²) >= 11 is 0.591. The van der Waals surface area contributed by atoms with Gasteiger partial charge in [0.15, 0.2) is 0 Å². The molecule has 3 heterocycles. The molecule has 4 aliphatic rings. The van der Waals surface area contributed by atoms with Gasteiger partial charge in [0.1, 0.15) is 0 Å². The number of carbonyl (C=O) groups excluding carboxylic acids is 2. The first-order chi connectivity index (χ1) is 22.2. The van der Waals surface area contributed by atoms with Crippen molar-refractivity contribution in [3.8, 4) is 0 Å². The van der Waals surface area contributed by atoms with Gasteiger partial charge in [0, 0.05) is 18.3 Å². The van der Waals surface area contributed by atoms with Crippen molar-refractivity contribution >= 4 is 29.4 Å². The van der Waals surface area contributed by atoms with Crippen molar-refractivity contribution in [1.82, 2.24) is 19.8 Å². The molecule has 46 heavy (non-hydrogen) atoms. The number of amides is 2. The Hall–Kier alpha value is -1.63. The van der Waals surface area contributed by atoms with Gasteiger partial charge in [-0.15, -0.1) is 0 Å². The van der Waals surface area contributed by atoms with E-state index >= 15 is 4.39 Å². The molecule has 1 aromatic rings. The van der Waals surface area contributed by atoms with Gasteiger partial charge in [-0.05, 0) is 31.6 Å². The molecule has 0 radical (unpaired) electrons. The van der Waals surface area contributed by atoms with Gasteiger partial charge in [0.05, 0.1) is 0 Å². The number of nitrogens with zero attached hydrogens (tertiary/aromatic N) is 3. The monoisotopic (exact) mass is 768 g/mol. The average Bonchev–Trinajstić information content (AvgIpc) is 3.48. The molecule has 5 rings (SSSR count). The second-order valence-electron chi connectivity index (χ2n) is 13.8. The van der Waals surface area contributed by atoms with Crippen LogP contribution < -0.4 is 37.2 Å². The molecule has 0 aromatic heterocycles. The molecule has 1 aromatic carbocycles. The number of halogens is 2. The first kappa shape index (κ1) is 35.7. The number of anilines is 1. The molecule has 3 saturated heterocycles. The van der Waals surface area contributed by atoms with Gasteiger partial charge in [0.2, 0.25) is 0 Å². The van der Waals surface area contributed by atoms with Gasteiger partial charge >= 0.3 is 218 Å². The topological polar surface area (TPSA) is 88.2 Å². The molecule has 8 nitrogen and oxygen atoms in total. The number of carbonyl (C=O) groups is 2. The number of nitrogens with one attached hydrogen (secondary N) is 2. The summed E-state index contributed by atoms with van der Waals surface area (Å²) in [5, 5.41) is 6.16. The first-order valence-electron chi connectivity index (χ1n) is 17.1. The second-order valence-corrected chi connectivity index (χ2v) is 16.9. The molecule has 2 unspecified atom stereocenters. The summed E-state index contributed by atoms with van der Waals surface area (Å²) in [5.41, 5.74) is 3.65. The summed E-state index contributed by atoms with van der Waals surface area (Å²) in [5.74, 6) is -0.304. The molecular formula is C35H52FIN5O3S-. The Kier molecular flexibility index (Phi) is 12.9. The summed E-state index contributed by atoms with van der Waals surface area (Å²) in [6.07, 6.45) is 13.6. The van der Waals surface area contributed by atoms with Crippen LogP contribution in [0.3, 0.4) is 0 Å². The Bertz CT molecular complexity index is 1250. The minimum atomic E-state index is -1.54. The number of hydrogen-bond donors (Lipinski definition) is 3. The van der Waals surface area contributed by atoms with Gasteiger partial charge in [0.25, 0.3) is 0 Å². The molecule has 256 valence electrons. The van der Waals surface area contributed by atoms with Gasteiger partial charge < -0.3 is 0 Å². The SMILES string of the molecule is C=C=CCCC(NC(=O)c1cc(N2CCC3(CCC(N4CCC(SN5CCC(C)CC5)CC4)C3)CC2)c(F)cc1[I-]O)C(=O)NC. The Labute approximate surface area is 289 Å². The summed E-state index contributed by atoms with van der Waals surface area (Å²) in [6.45, 7) is 12.3. The molecule has 2 atom stereocenters. The normalized spacial score (nSPS) is 23.7. The van der Waals surface area contributed by atoms with Crippen LogP contribution in [0.25, 0.3) is 0 Å². The maximum absolute atomic E-state index is 15.4. The molecule has 4 fully saturated rings. The van der Waals surface area contributed by atoms with E-state index in [0.717, 1.165) is 37.1 Å². The first-order valence-corrected chi connectivity index (χ1v) is 20.0. The summed E-state index contributed by atoms with van der Waals surface area (Å²) in [4.78, 5) is 30.7. The number of likely N-dealkylation sites (tertiary alicyclic amines) is 1. The van der Waals surface area contributed by atoms with E-state index in [1.54, 1.807) is 12.1 Å². The van der Waals surface area contributed by atoms with Crippen molar-refractivity contribution in [2.45, 2.75) is 94.9 Å². The van der Waals surface area contributed by atoms with E-state index < -0.39 is 39.4 Å². The quantitative estimate of drug-likeness (QED) is 0.181. The zero-order valence-corrected chi connectivity index (χ0v) is 30.5. The molecule has 2 amide bonds. The van der Waals surface area contributed by atoms with E-state index in [1.807, 2.05) is 0 Å². The van der Waals surface area contributed by atoms with Crippen LogP contribution in [0, 0.1) is 20.7 Å². The van der Waals surface area contributed by atoms with Crippen molar-refractivity contribution < 1.29 is 39.0 Å². The molecule has 1 saturated carbocycles. The van der Waals surface area contributed by atoms with E-state index in [1.165, 1.54) is 84.2 Å². The summed E-state index contributed by atoms with van der Waals surface area (Å²) in [7, 11) is 1.53. The maximum atomic E-state index is 15.4. The third kappa shape index (κ3) is 8.88. The van der Waals surface area contributed by atoms with Crippen LogP contribution in [0.4, 0.5) is 10.1 Å². The van der Waals surface area contributed by atoms with Crippen molar-refractivity contribution in [1.29, 1.82) is 0 Å². The van der Waals surface area contributed by atoms with Gasteiger partial charge in [-0.3, -0.25) is 4.31 Å². The summed E-state index contributed by atoms with van der Waals surface area (Å²) < 4.78 is 28.4. The number of rotatable bonds is 11. The Balaban J connectivity index is 1.15.